The van der Waals surface area contributed by atoms with Gasteiger partial charge in [-0.3, -0.25) is 0 Å². The van der Waals surface area contributed by atoms with Gasteiger partial charge in [0.05, 0.1) is 11.0 Å². The van der Waals surface area contributed by atoms with Crippen LogP contribution < -0.4 is 0 Å². The molecule has 0 fully saturated rings. The van der Waals surface area contributed by atoms with Gasteiger partial charge in [-0.1, -0.05) is 194 Å². The summed E-state index contributed by atoms with van der Waals surface area (Å²) in [6, 6.07) is 96.9. The van der Waals surface area contributed by atoms with Gasteiger partial charge in [-0.05, 0) is 160 Å². The van der Waals surface area contributed by atoms with E-state index in [1.165, 1.54) is 141 Å². The van der Waals surface area contributed by atoms with Crippen LogP contribution in [0.4, 0.5) is 0 Å². The SMILES string of the molecule is c1ccc(-c2c3ccccc3c(-c3ccc(-n4c5ccccc5c5cc(-c6cc(-c7ccc8ccccc8c7)cc7c6sc6ccc(-c8ccc9ccccc9c8)cc67)ccc54)cc3)c3ccccc23)cc1. The Kier molecular flexibility index (Phi) is 9.20. The Labute approximate surface area is 420 Å². The Balaban J connectivity index is 0.892. The van der Waals surface area contributed by atoms with Crippen LogP contribution in [0.2, 0.25) is 0 Å². The molecule has 0 saturated carbocycles. The molecule has 1 nitrogen and oxygen atoms in total. The van der Waals surface area contributed by atoms with Crippen LogP contribution in [0.3, 0.4) is 0 Å². The molecule has 2 aromatic heterocycles. The highest BCUT2D eigenvalue weighted by Crippen LogP contribution is 2.47. The molecule has 15 aromatic rings. The van der Waals surface area contributed by atoms with Crippen molar-refractivity contribution in [2.75, 3.05) is 0 Å². The van der Waals surface area contributed by atoms with Crippen LogP contribution in [-0.4, -0.2) is 4.57 Å². The van der Waals surface area contributed by atoms with E-state index in [0.717, 1.165) is 5.69 Å². The summed E-state index contributed by atoms with van der Waals surface area (Å²) >= 11 is 1.90. The third-order valence-electron chi connectivity index (χ3n) is 15.1. The van der Waals surface area contributed by atoms with Gasteiger partial charge in [-0.2, -0.15) is 0 Å². The molecule has 2 heteroatoms. The number of fused-ring (bicyclic) bond motifs is 10. The standard InChI is InChI=1S/C70H43NS/c1-2-16-46(17-3-1)68-57-21-8-10-23-59(57)69(60-24-11-9-22-58(60)68)47-30-34-55(35-31-47)71-65-25-13-12-20-56(65)62-41-53(32-36-66(62)71)61-42-54(51-29-27-45-15-5-7-19-49(45)39-51)43-64-63-40-52(33-37-67(63)72-70(61)64)50-28-26-44-14-4-6-18-48(44)38-50/h1-43H. The van der Waals surface area contributed by atoms with E-state index in [-0.39, 0.29) is 0 Å². The normalized spacial score (nSPS) is 11.9. The largest absolute Gasteiger partial charge is 0.309 e. The van der Waals surface area contributed by atoms with Gasteiger partial charge in [0, 0.05) is 42.2 Å². The van der Waals surface area contributed by atoms with Gasteiger partial charge in [-0.15, -0.1) is 11.3 Å². The summed E-state index contributed by atoms with van der Waals surface area (Å²) < 4.78 is 5.04. The first-order valence-corrected chi connectivity index (χ1v) is 25.6. The number of thiophene rings is 1. The summed E-state index contributed by atoms with van der Waals surface area (Å²) in [7, 11) is 0. The molecule has 15 rings (SSSR count). The van der Waals surface area contributed by atoms with Gasteiger partial charge >= 0.3 is 0 Å². The van der Waals surface area contributed by atoms with E-state index in [9.17, 15) is 0 Å². The second-order valence-electron chi connectivity index (χ2n) is 19.2. The van der Waals surface area contributed by atoms with Crippen molar-refractivity contribution in [2.45, 2.75) is 0 Å². The van der Waals surface area contributed by atoms with E-state index in [1.807, 2.05) is 11.3 Å². The number of para-hydroxylation sites is 1. The highest BCUT2D eigenvalue weighted by Gasteiger charge is 2.20. The molecule has 334 valence electrons. The molecule has 0 radical (unpaired) electrons. The Morgan fingerprint density at radius 3 is 1.36 bits per heavy atom. The minimum atomic E-state index is 1.14. The fraction of sp³-hybridized carbons (Fsp3) is 0. The first-order chi connectivity index (χ1) is 35.7. The Morgan fingerprint density at radius 2 is 0.708 bits per heavy atom. The number of hydrogen-bond acceptors (Lipinski definition) is 1. The Morgan fingerprint density at radius 1 is 0.250 bits per heavy atom. The van der Waals surface area contributed by atoms with Crippen LogP contribution in [-0.2, 0) is 0 Å². The van der Waals surface area contributed by atoms with Crippen LogP contribution in [0, 0.1) is 0 Å². The van der Waals surface area contributed by atoms with Crippen LogP contribution in [0.25, 0.3) is 146 Å². The average molecular weight is 930 g/mol. The number of benzene rings is 13. The fourth-order valence-electron chi connectivity index (χ4n) is 11.7. The van der Waals surface area contributed by atoms with Crippen molar-refractivity contribution in [3.05, 3.63) is 261 Å². The molecule has 0 aliphatic heterocycles. The zero-order chi connectivity index (χ0) is 47.3. The molecule has 0 atom stereocenters. The topological polar surface area (TPSA) is 4.93 Å². The number of aromatic nitrogens is 1. The minimum absolute atomic E-state index is 1.14. The van der Waals surface area contributed by atoms with Gasteiger partial charge in [0.1, 0.15) is 0 Å². The zero-order valence-electron chi connectivity index (χ0n) is 39.2. The minimum Gasteiger partial charge on any atom is -0.309 e. The number of rotatable bonds is 6. The molecule has 0 unspecified atom stereocenters. The second-order valence-corrected chi connectivity index (χ2v) is 20.2. The lowest BCUT2D eigenvalue weighted by Gasteiger charge is -2.18. The van der Waals surface area contributed by atoms with Crippen molar-refractivity contribution in [3.8, 4) is 61.3 Å². The summed E-state index contributed by atoms with van der Waals surface area (Å²) in [6.45, 7) is 0. The van der Waals surface area contributed by atoms with Crippen LogP contribution in [0.15, 0.2) is 261 Å². The van der Waals surface area contributed by atoms with E-state index >= 15 is 0 Å². The summed E-state index contributed by atoms with van der Waals surface area (Å²) in [5.74, 6) is 0. The van der Waals surface area contributed by atoms with Gasteiger partial charge in [0.25, 0.3) is 0 Å². The molecule has 72 heavy (non-hydrogen) atoms. The van der Waals surface area contributed by atoms with Crippen molar-refractivity contribution < 1.29 is 0 Å². The third-order valence-corrected chi connectivity index (χ3v) is 16.3. The maximum Gasteiger partial charge on any atom is 0.0541 e. The van der Waals surface area contributed by atoms with Crippen molar-refractivity contribution >= 4 is 96.4 Å². The summed E-state index contributed by atoms with van der Waals surface area (Å²) in [5, 5.41) is 15.1. The van der Waals surface area contributed by atoms with Crippen molar-refractivity contribution in [1.82, 2.24) is 4.57 Å². The van der Waals surface area contributed by atoms with Crippen molar-refractivity contribution in [2.24, 2.45) is 0 Å². The molecule has 0 bridgehead atoms. The first-order valence-electron chi connectivity index (χ1n) is 24.8. The number of hydrogen-bond donors (Lipinski definition) is 0. The highest BCUT2D eigenvalue weighted by atomic mass is 32.1. The van der Waals surface area contributed by atoms with Crippen LogP contribution >= 0.6 is 11.3 Å². The van der Waals surface area contributed by atoms with E-state index in [2.05, 4.69) is 265 Å². The van der Waals surface area contributed by atoms with E-state index in [0.29, 0.717) is 0 Å². The average Bonchev–Trinajstić information content (AvgIpc) is 3.99. The molecule has 13 aromatic carbocycles. The zero-order valence-corrected chi connectivity index (χ0v) is 40.0. The second kappa shape index (κ2) is 16.2. The first kappa shape index (κ1) is 40.8. The van der Waals surface area contributed by atoms with Crippen molar-refractivity contribution in [1.29, 1.82) is 0 Å². The predicted molar refractivity (Wildman–Crippen MR) is 311 cm³/mol. The smallest absolute Gasteiger partial charge is 0.0541 e. The molecular formula is C70H43NS. The lowest BCUT2D eigenvalue weighted by Crippen LogP contribution is -1.94. The third kappa shape index (κ3) is 6.47. The van der Waals surface area contributed by atoms with E-state index in [4.69, 9.17) is 0 Å². The molecule has 0 aliphatic rings. The maximum absolute atomic E-state index is 2.45. The molecule has 2 heterocycles. The lowest BCUT2D eigenvalue weighted by atomic mass is 9.86. The Hall–Kier alpha value is -9.08. The molecule has 0 N–H and O–H groups in total. The summed E-state index contributed by atoms with van der Waals surface area (Å²) in [6.07, 6.45) is 0. The van der Waals surface area contributed by atoms with Gasteiger partial charge in [0.2, 0.25) is 0 Å². The predicted octanol–water partition coefficient (Wildman–Crippen LogP) is 20.1. The summed E-state index contributed by atoms with van der Waals surface area (Å²) in [5.41, 5.74) is 15.9. The molecule has 0 saturated heterocycles. The molecule has 0 spiro atoms. The van der Waals surface area contributed by atoms with E-state index < -0.39 is 0 Å². The van der Waals surface area contributed by atoms with E-state index in [1.54, 1.807) is 0 Å². The highest BCUT2D eigenvalue weighted by molar-refractivity contribution is 7.26. The van der Waals surface area contributed by atoms with Gasteiger partial charge < -0.3 is 4.57 Å². The molecule has 0 aliphatic carbocycles. The number of nitrogens with zero attached hydrogens (tertiary/aromatic N) is 1. The fourth-order valence-corrected chi connectivity index (χ4v) is 12.9. The molecule has 0 amide bonds. The Bertz CT molecular complexity index is 4610. The monoisotopic (exact) mass is 929 g/mol. The van der Waals surface area contributed by atoms with Crippen molar-refractivity contribution in [3.63, 3.8) is 0 Å². The maximum atomic E-state index is 2.45. The van der Waals surface area contributed by atoms with Gasteiger partial charge in [0.15, 0.2) is 0 Å². The van der Waals surface area contributed by atoms with Crippen LogP contribution in [0.1, 0.15) is 0 Å². The van der Waals surface area contributed by atoms with Crippen LogP contribution in [0.5, 0.6) is 0 Å². The quantitative estimate of drug-likeness (QED) is 0.146. The summed E-state index contributed by atoms with van der Waals surface area (Å²) in [4.78, 5) is 0. The lowest BCUT2D eigenvalue weighted by molar-refractivity contribution is 1.18. The van der Waals surface area contributed by atoms with Gasteiger partial charge in [-0.25, -0.2) is 0 Å². The molecular weight excluding hydrogens is 887 g/mol.